The number of rotatable bonds is 7. The number of esters is 1. The van der Waals surface area contributed by atoms with Crippen molar-refractivity contribution < 1.29 is 27.1 Å². The third-order valence-corrected chi connectivity index (χ3v) is 7.61. The topological polar surface area (TPSA) is 92.8 Å². The molecule has 1 saturated carbocycles. The van der Waals surface area contributed by atoms with Crippen molar-refractivity contribution in [2.75, 3.05) is 6.26 Å². The first kappa shape index (κ1) is 25.3. The summed E-state index contributed by atoms with van der Waals surface area (Å²) in [6, 6.07) is 13.0. The number of sulfonamides is 1. The summed E-state index contributed by atoms with van der Waals surface area (Å²) in [6.07, 6.45) is 2.48. The fourth-order valence-corrected chi connectivity index (χ4v) is 6.23. The number of ether oxygens (including phenoxy) is 1. The molecule has 2 aromatic carbocycles. The van der Waals surface area contributed by atoms with Crippen molar-refractivity contribution in [3.63, 3.8) is 0 Å². The van der Waals surface area contributed by atoms with Gasteiger partial charge in [0.05, 0.1) is 12.3 Å². The van der Waals surface area contributed by atoms with E-state index in [0.717, 1.165) is 11.8 Å². The molecule has 188 valence electrons. The maximum absolute atomic E-state index is 15.7. The Kier molecular flexibility index (Phi) is 6.76. The number of nitrogens with one attached hydrogen (secondary N) is 1. The molecule has 0 aromatic heterocycles. The minimum atomic E-state index is -3.59. The summed E-state index contributed by atoms with van der Waals surface area (Å²) in [5.41, 5.74) is 0.121. The van der Waals surface area contributed by atoms with Crippen molar-refractivity contribution in [3.8, 4) is 11.1 Å². The molecule has 1 amide bonds. The minimum absolute atomic E-state index is 0.0426. The highest BCUT2D eigenvalue weighted by molar-refractivity contribution is 7.88. The van der Waals surface area contributed by atoms with Crippen LogP contribution in [0.25, 0.3) is 11.1 Å². The van der Waals surface area contributed by atoms with Crippen LogP contribution in [0, 0.1) is 11.7 Å². The first-order valence-electron chi connectivity index (χ1n) is 11.7. The van der Waals surface area contributed by atoms with Crippen molar-refractivity contribution in [1.82, 2.24) is 9.62 Å². The lowest BCUT2D eigenvalue weighted by molar-refractivity contribution is -0.179. The van der Waals surface area contributed by atoms with Crippen molar-refractivity contribution in [2.24, 2.45) is 5.92 Å². The zero-order valence-electron chi connectivity index (χ0n) is 20.3. The summed E-state index contributed by atoms with van der Waals surface area (Å²) in [7, 11) is -3.59. The van der Waals surface area contributed by atoms with Crippen LogP contribution in [0.15, 0.2) is 48.5 Å². The van der Waals surface area contributed by atoms with Crippen LogP contribution < -0.4 is 4.72 Å². The van der Waals surface area contributed by atoms with Gasteiger partial charge in [-0.2, -0.15) is 0 Å². The van der Waals surface area contributed by atoms with E-state index in [1.54, 1.807) is 23.1 Å². The highest BCUT2D eigenvalue weighted by atomic mass is 32.2. The molecule has 2 atom stereocenters. The molecular formula is C26H31FN2O5S. The van der Waals surface area contributed by atoms with Gasteiger partial charge in [0.2, 0.25) is 10.0 Å². The Morgan fingerprint density at radius 2 is 1.77 bits per heavy atom. The molecule has 9 heteroatoms. The van der Waals surface area contributed by atoms with E-state index >= 15 is 4.39 Å². The molecule has 0 radical (unpaired) electrons. The van der Waals surface area contributed by atoms with Crippen molar-refractivity contribution >= 4 is 21.9 Å². The predicted molar refractivity (Wildman–Crippen MR) is 130 cm³/mol. The summed E-state index contributed by atoms with van der Waals surface area (Å²) in [5.74, 6) is -1.36. The SMILES string of the molecule is CC(=O)OC(C)(C)C(=O)N1C2CC(C2)[C@H](NS(C)(=O)=O)[C@@H]1Cc1cccc(-c2ccccc2)c1F. The van der Waals surface area contributed by atoms with Gasteiger partial charge in [-0.15, -0.1) is 0 Å². The molecule has 2 saturated heterocycles. The zero-order valence-corrected chi connectivity index (χ0v) is 21.1. The molecular weight excluding hydrogens is 471 g/mol. The van der Waals surface area contributed by atoms with Crippen LogP contribution in [-0.4, -0.2) is 55.2 Å². The monoisotopic (exact) mass is 502 g/mol. The molecule has 1 N–H and O–H groups in total. The number of hydrogen-bond donors (Lipinski definition) is 1. The zero-order chi connectivity index (χ0) is 25.5. The lowest BCUT2D eigenvalue weighted by atomic mass is 9.66. The van der Waals surface area contributed by atoms with Crippen LogP contribution >= 0.6 is 0 Å². The van der Waals surface area contributed by atoms with E-state index in [4.69, 9.17) is 4.74 Å². The number of nitrogens with zero attached hydrogens (tertiary/aromatic N) is 1. The number of carbonyl (C=O) groups is 2. The van der Waals surface area contributed by atoms with Crippen LogP contribution in [0.4, 0.5) is 4.39 Å². The van der Waals surface area contributed by atoms with Crippen molar-refractivity contribution in [3.05, 3.63) is 59.9 Å². The molecule has 2 heterocycles. The van der Waals surface area contributed by atoms with E-state index in [2.05, 4.69) is 4.72 Å². The average Bonchev–Trinajstić information content (AvgIpc) is 2.73. The second-order valence-electron chi connectivity index (χ2n) is 10.0. The van der Waals surface area contributed by atoms with E-state index < -0.39 is 45.4 Å². The van der Waals surface area contributed by atoms with Crippen LogP contribution in [0.2, 0.25) is 0 Å². The van der Waals surface area contributed by atoms with E-state index in [0.29, 0.717) is 24.0 Å². The molecule has 2 aliphatic heterocycles. The highest BCUT2D eigenvalue weighted by Gasteiger charge is 2.55. The normalized spacial score (nSPS) is 24.0. The fraction of sp³-hybridized carbons (Fsp3) is 0.462. The Bertz CT molecular complexity index is 1230. The second kappa shape index (κ2) is 9.35. The van der Waals surface area contributed by atoms with Gasteiger partial charge in [-0.1, -0.05) is 48.5 Å². The highest BCUT2D eigenvalue weighted by Crippen LogP contribution is 2.45. The largest absolute Gasteiger partial charge is 0.450 e. The van der Waals surface area contributed by atoms with Crippen LogP contribution in [0.3, 0.4) is 0 Å². The Morgan fingerprint density at radius 1 is 1.11 bits per heavy atom. The fourth-order valence-electron chi connectivity index (χ4n) is 5.39. The van der Waals surface area contributed by atoms with Crippen LogP contribution in [0.5, 0.6) is 0 Å². The van der Waals surface area contributed by atoms with E-state index in [9.17, 15) is 18.0 Å². The standard InChI is InChI=1S/C26H31FN2O5S/c1-16(30)34-26(2,3)25(31)29-20-13-19(14-20)24(28-35(4,32)33)22(29)15-18-11-8-12-21(23(18)27)17-9-6-5-7-10-17/h5-12,19-20,22,24,28H,13-15H2,1-4H3/t19?,20?,22-,24-/m0/s1. The molecule has 2 bridgehead atoms. The number of halogens is 1. The van der Waals surface area contributed by atoms with Crippen LogP contribution in [-0.2, 0) is 30.8 Å². The molecule has 3 fully saturated rings. The number of hydrogen-bond acceptors (Lipinski definition) is 5. The molecule has 2 aromatic rings. The molecule has 0 spiro atoms. The second-order valence-corrected chi connectivity index (χ2v) is 11.8. The summed E-state index contributed by atoms with van der Waals surface area (Å²) >= 11 is 0. The molecule has 0 unspecified atom stereocenters. The maximum Gasteiger partial charge on any atom is 0.303 e. The first-order chi connectivity index (χ1) is 16.4. The number of amides is 1. The van der Waals surface area contributed by atoms with Gasteiger partial charge in [-0.3, -0.25) is 9.59 Å². The van der Waals surface area contributed by atoms with Gasteiger partial charge in [0.1, 0.15) is 5.82 Å². The van der Waals surface area contributed by atoms with Crippen molar-refractivity contribution in [2.45, 2.75) is 63.8 Å². The lowest BCUT2D eigenvalue weighted by Gasteiger charge is -2.59. The molecule has 5 rings (SSSR count). The predicted octanol–water partition coefficient (Wildman–Crippen LogP) is 3.28. The maximum atomic E-state index is 15.7. The van der Waals surface area contributed by atoms with Gasteiger partial charge in [0.25, 0.3) is 5.91 Å². The Balaban J connectivity index is 1.73. The quantitative estimate of drug-likeness (QED) is 0.587. The van der Waals surface area contributed by atoms with Gasteiger partial charge < -0.3 is 9.64 Å². The van der Waals surface area contributed by atoms with Gasteiger partial charge in [0.15, 0.2) is 5.60 Å². The van der Waals surface area contributed by atoms with Gasteiger partial charge in [0, 0.05) is 24.6 Å². The Morgan fingerprint density at radius 3 is 2.37 bits per heavy atom. The number of carbonyl (C=O) groups excluding carboxylic acids is 2. The smallest absolute Gasteiger partial charge is 0.303 e. The number of piperidine rings is 2. The molecule has 7 nitrogen and oxygen atoms in total. The first-order valence-corrected chi connectivity index (χ1v) is 13.6. The number of fused-ring (bicyclic) bond motifs is 2. The average molecular weight is 503 g/mol. The third-order valence-electron chi connectivity index (χ3n) is 6.91. The Hall–Kier alpha value is -2.78. The minimum Gasteiger partial charge on any atom is -0.450 e. The van der Waals surface area contributed by atoms with Crippen LogP contribution in [0.1, 0.15) is 39.2 Å². The summed E-state index contributed by atoms with van der Waals surface area (Å²) < 4.78 is 48.2. The van der Waals surface area contributed by atoms with Gasteiger partial charge >= 0.3 is 5.97 Å². The lowest BCUT2D eigenvalue weighted by Crippen LogP contribution is -2.72. The molecule has 35 heavy (non-hydrogen) atoms. The molecule has 3 aliphatic rings. The van der Waals surface area contributed by atoms with Crippen molar-refractivity contribution in [1.29, 1.82) is 0 Å². The number of benzene rings is 2. The van der Waals surface area contributed by atoms with Gasteiger partial charge in [-0.05, 0) is 50.2 Å². The van der Waals surface area contributed by atoms with E-state index in [-0.39, 0.29) is 18.4 Å². The summed E-state index contributed by atoms with van der Waals surface area (Å²) in [5, 5.41) is 0. The summed E-state index contributed by atoms with van der Waals surface area (Å²) in [4.78, 5) is 26.9. The van der Waals surface area contributed by atoms with E-state index in [1.165, 1.54) is 20.8 Å². The summed E-state index contributed by atoms with van der Waals surface area (Å²) in [6.45, 7) is 4.28. The van der Waals surface area contributed by atoms with E-state index in [1.807, 2.05) is 30.3 Å². The Labute approximate surface area is 205 Å². The molecule has 1 aliphatic carbocycles. The van der Waals surface area contributed by atoms with Gasteiger partial charge in [-0.25, -0.2) is 17.5 Å². The third kappa shape index (κ3) is 5.26.